The van der Waals surface area contributed by atoms with E-state index in [1.165, 1.54) is 0 Å². The molecule has 140 valence electrons. The Bertz CT molecular complexity index is 785. The fourth-order valence-electron chi connectivity index (χ4n) is 3.37. The van der Waals surface area contributed by atoms with Crippen LogP contribution in [0.25, 0.3) is 0 Å². The van der Waals surface area contributed by atoms with E-state index in [1.807, 2.05) is 25.1 Å². The molecular weight excluding hydrogens is 343 g/mol. The summed E-state index contributed by atoms with van der Waals surface area (Å²) >= 11 is 0. The van der Waals surface area contributed by atoms with E-state index < -0.39 is 0 Å². The maximum atomic E-state index is 12.2. The number of rotatable bonds is 8. The van der Waals surface area contributed by atoms with Gasteiger partial charge in [-0.15, -0.1) is 0 Å². The Morgan fingerprint density at radius 2 is 1.85 bits per heavy atom. The Labute approximate surface area is 158 Å². The van der Waals surface area contributed by atoms with E-state index in [0.29, 0.717) is 8.58 Å². The van der Waals surface area contributed by atoms with Gasteiger partial charge in [0.2, 0.25) is 0 Å². The lowest BCUT2D eigenvalue weighted by Crippen LogP contribution is -2.22. The molecule has 3 nitrogen and oxygen atoms in total. The standard InChI is InChI=1S/C22H29O3P/c1-7-12-22(4,19-14-17(24-5)9-10-20(19)25-6)26-21-11-8-15(2)13-18(21)16(3)23/h8-11,13-14,26H,7,12H2,1-6H3. The van der Waals surface area contributed by atoms with Gasteiger partial charge in [0.15, 0.2) is 5.78 Å². The number of ketones is 1. The van der Waals surface area contributed by atoms with E-state index in [4.69, 9.17) is 9.47 Å². The number of Topliss-reactive ketones (excluding diaryl/α,β-unsaturated/α-hetero) is 1. The summed E-state index contributed by atoms with van der Waals surface area (Å²) in [6.07, 6.45) is 2.05. The lowest BCUT2D eigenvalue weighted by atomic mass is 9.94. The van der Waals surface area contributed by atoms with E-state index in [2.05, 4.69) is 32.0 Å². The molecule has 0 aliphatic heterocycles. The second kappa shape index (κ2) is 8.68. The zero-order chi connectivity index (χ0) is 19.3. The minimum atomic E-state index is -0.131. The van der Waals surface area contributed by atoms with E-state index >= 15 is 0 Å². The Morgan fingerprint density at radius 3 is 2.42 bits per heavy atom. The summed E-state index contributed by atoms with van der Waals surface area (Å²) in [6.45, 7) is 8.12. The molecule has 2 rings (SSSR count). The average molecular weight is 372 g/mol. The maximum Gasteiger partial charge on any atom is 0.160 e. The number of hydrogen-bond donors (Lipinski definition) is 0. The molecule has 0 bridgehead atoms. The molecule has 2 aromatic rings. The highest BCUT2D eigenvalue weighted by Gasteiger charge is 2.31. The van der Waals surface area contributed by atoms with Crippen molar-refractivity contribution in [2.45, 2.75) is 45.7 Å². The highest BCUT2D eigenvalue weighted by Crippen LogP contribution is 2.49. The third kappa shape index (κ3) is 4.45. The molecule has 0 aliphatic rings. The minimum Gasteiger partial charge on any atom is -0.497 e. The lowest BCUT2D eigenvalue weighted by Gasteiger charge is -2.32. The van der Waals surface area contributed by atoms with Crippen molar-refractivity contribution in [3.63, 3.8) is 0 Å². The van der Waals surface area contributed by atoms with Crippen molar-refractivity contribution in [1.82, 2.24) is 0 Å². The van der Waals surface area contributed by atoms with Crippen molar-refractivity contribution in [3.8, 4) is 11.5 Å². The van der Waals surface area contributed by atoms with Crippen LogP contribution in [-0.4, -0.2) is 20.0 Å². The molecule has 2 atom stereocenters. The SMILES string of the molecule is CCCC(C)(Pc1ccc(C)cc1C(C)=O)c1cc(OC)ccc1OC. The normalized spacial score (nSPS) is 13.6. The molecule has 0 aromatic heterocycles. The maximum absolute atomic E-state index is 12.2. The second-order valence-corrected chi connectivity index (χ2v) is 8.77. The second-order valence-electron chi connectivity index (χ2n) is 6.88. The van der Waals surface area contributed by atoms with Gasteiger partial charge in [0.1, 0.15) is 11.5 Å². The quantitative estimate of drug-likeness (QED) is 0.470. The zero-order valence-electron chi connectivity index (χ0n) is 16.6. The highest BCUT2D eigenvalue weighted by molar-refractivity contribution is 7.48. The third-order valence-corrected chi connectivity index (χ3v) is 6.49. The fraction of sp³-hybridized carbons (Fsp3) is 0.409. The van der Waals surface area contributed by atoms with Crippen LogP contribution in [0.3, 0.4) is 0 Å². The summed E-state index contributed by atoms with van der Waals surface area (Å²) in [5, 5.41) is 0.984. The fourth-order valence-corrected chi connectivity index (χ4v) is 5.21. The number of ether oxygens (including phenoxy) is 2. The Balaban J connectivity index is 2.57. The van der Waals surface area contributed by atoms with Crippen LogP contribution < -0.4 is 14.8 Å². The first kappa shape index (κ1) is 20.5. The summed E-state index contributed by atoms with van der Waals surface area (Å²) in [5.41, 5.74) is 3.07. The molecule has 0 spiro atoms. The molecule has 26 heavy (non-hydrogen) atoms. The monoisotopic (exact) mass is 372 g/mol. The predicted molar refractivity (Wildman–Crippen MR) is 111 cm³/mol. The van der Waals surface area contributed by atoms with Crippen molar-refractivity contribution in [3.05, 3.63) is 53.1 Å². The van der Waals surface area contributed by atoms with Crippen molar-refractivity contribution in [2.75, 3.05) is 14.2 Å². The van der Waals surface area contributed by atoms with Crippen LogP contribution in [0, 0.1) is 6.92 Å². The molecule has 0 saturated carbocycles. The number of benzene rings is 2. The smallest absolute Gasteiger partial charge is 0.160 e. The summed E-state index contributed by atoms with van der Waals surface area (Å²) in [7, 11) is 3.84. The number of methoxy groups -OCH3 is 2. The van der Waals surface area contributed by atoms with Crippen LogP contribution >= 0.6 is 8.58 Å². The van der Waals surface area contributed by atoms with Crippen LogP contribution in [0.5, 0.6) is 11.5 Å². The molecule has 0 saturated heterocycles. The zero-order valence-corrected chi connectivity index (χ0v) is 17.6. The third-order valence-electron chi connectivity index (χ3n) is 4.72. The van der Waals surface area contributed by atoms with E-state index in [1.54, 1.807) is 21.1 Å². The van der Waals surface area contributed by atoms with Gasteiger partial charge in [-0.3, -0.25) is 4.79 Å². The van der Waals surface area contributed by atoms with Gasteiger partial charge in [0.05, 0.1) is 14.2 Å². The summed E-state index contributed by atoms with van der Waals surface area (Å²) in [4.78, 5) is 12.2. The molecule has 0 aliphatic carbocycles. The highest BCUT2D eigenvalue weighted by atomic mass is 31.1. The van der Waals surface area contributed by atoms with Crippen LogP contribution in [0.15, 0.2) is 36.4 Å². The Hall–Kier alpha value is -1.86. The number of carbonyl (C=O) groups excluding carboxylic acids is 1. The van der Waals surface area contributed by atoms with Crippen molar-refractivity contribution < 1.29 is 14.3 Å². The van der Waals surface area contributed by atoms with Gasteiger partial charge in [-0.1, -0.05) is 46.5 Å². The number of hydrogen-bond acceptors (Lipinski definition) is 3. The molecule has 0 heterocycles. The summed E-state index contributed by atoms with van der Waals surface area (Å²) in [5.74, 6) is 1.81. The van der Waals surface area contributed by atoms with Gasteiger partial charge < -0.3 is 9.47 Å². The van der Waals surface area contributed by atoms with Crippen molar-refractivity contribution >= 4 is 19.7 Å². The summed E-state index contributed by atoms with van der Waals surface area (Å²) in [6, 6.07) is 12.1. The predicted octanol–water partition coefficient (Wildman–Crippen LogP) is 5.23. The molecule has 2 unspecified atom stereocenters. The van der Waals surface area contributed by atoms with Gasteiger partial charge in [-0.2, -0.15) is 0 Å². The number of aryl methyl sites for hydroxylation is 1. The van der Waals surface area contributed by atoms with Crippen LogP contribution in [0.4, 0.5) is 0 Å². The molecule has 4 heteroatoms. The average Bonchev–Trinajstić information content (AvgIpc) is 2.62. The Morgan fingerprint density at radius 1 is 1.12 bits per heavy atom. The van der Waals surface area contributed by atoms with Crippen LogP contribution in [-0.2, 0) is 5.16 Å². The van der Waals surface area contributed by atoms with Gasteiger partial charge in [-0.05, 0) is 49.8 Å². The Kier molecular flexibility index (Phi) is 6.83. The topological polar surface area (TPSA) is 35.5 Å². The van der Waals surface area contributed by atoms with Gasteiger partial charge in [0, 0.05) is 16.3 Å². The molecule has 0 N–H and O–H groups in total. The lowest BCUT2D eigenvalue weighted by molar-refractivity contribution is 0.101. The van der Waals surface area contributed by atoms with Crippen molar-refractivity contribution in [1.29, 1.82) is 0 Å². The van der Waals surface area contributed by atoms with Gasteiger partial charge >= 0.3 is 0 Å². The van der Waals surface area contributed by atoms with E-state index in [-0.39, 0.29) is 10.9 Å². The minimum absolute atomic E-state index is 0.118. The van der Waals surface area contributed by atoms with Gasteiger partial charge in [0.25, 0.3) is 0 Å². The first-order chi connectivity index (χ1) is 12.3. The first-order valence-corrected chi connectivity index (χ1v) is 9.97. The largest absolute Gasteiger partial charge is 0.497 e. The first-order valence-electron chi connectivity index (χ1n) is 8.97. The number of carbonyl (C=O) groups is 1. The van der Waals surface area contributed by atoms with Crippen LogP contribution in [0.2, 0.25) is 0 Å². The van der Waals surface area contributed by atoms with E-state index in [9.17, 15) is 4.79 Å². The molecule has 0 fully saturated rings. The molecule has 0 radical (unpaired) electrons. The summed E-state index contributed by atoms with van der Waals surface area (Å²) < 4.78 is 11.1. The van der Waals surface area contributed by atoms with Gasteiger partial charge in [-0.25, -0.2) is 0 Å². The van der Waals surface area contributed by atoms with E-state index in [0.717, 1.165) is 46.3 Å². The van der Waals surface area contributed by atoms with Crippen molar-refractivity contribution in [2.24, 2.45) is 0 Å². The molecule has 0 amide bonds. The van der Waals surface area contributed by atoms with Crippen LogP contribution in [0.1, 0.15) is 55.1 Å². The molecule has 2 aromatic carbocycles. The molecular formula is C22H29O3P.